The van der Waals surface area contributed by atoms with Crippen LogP contribution in [0.15, 0.2) is 0 Å². The normalized spacial score (nSPS) is 29.2. The Balaban J connectivity index is 1.85. The highest BCUT2D eigenvalue weighted by molar-refractivity contribution is 5.60. The summed E-state index contributed by atoms with van der Waals surface area (Å²) >= 11 is 0. The van der Waals surface area contributed by atoms with Crippen molar-refractivity contribution >= 4 is 11.5 Å². The summed E-state index contributed by atoms with van der Waals surface area (Å²) in [5.74, 6) is 0.976. The molecule has 1 aromatic rings. The minimum Gasteiger partial charge on any atom is -0.378 e. The fourth-order valence-corrected chi connectivity index (χ4v) is 3.56. The smallest absolute Gasteiger partial charge is 0.333 e. The van der Waals surface area contributed by atoms with E-state index in [9.17, 15) is 10.1 Å². The van der Waals surface area contributed by atoms with Gasteiger partial charge in [-0.2, -0.15) is 5.10 Å². The Bertz CT molecular complexity index is 528. The lowest BCUT2D eigenvalue weighted by Gasteiger charge is -2.33. The summed E-state index contributed by atoms with van der Waals surface area (Å²) in [5, 5.41) is 18.7. The van der Waals surface area contributed by atoms with Gasteiger partial charge in [0.15, 0.2) is 0 Å². The number of aryl methyl sites for hydroxylation is 2. The maximum Gasteiger partial charge on any atom is 0.333 e. The topological polar surface area (TPSA) is 82.2 Å². The van der Waals surface area contributed by atoms with Crippen molar-refractivity contribution in [3.05, 3.63) is 15.8 Å². The first-order valence-electron chi connectivity index (χ1n) is 7.14. The lowest BCUT2D eigenvalue weighted by molar-refractivity contribution is -0.384. The molecule has 1 aliphatic carbocycles. The van der Waals surface area contributed by atoms with Crippen molar-refractivity contribution in [1.29, 1.82) is 0 Å². The van der Waals surface area contributed by atoms with Crippen LogP contribution in [0.4, 0.5) is 11.5 Å². The van der Waals surface area contributed by atoms with Gasteiger partial charge < -0.3 is 10.1 Å². The number of hydrogen-bond acceptors (Lipinski definition) is 5. The van der Waals surface area contributed by atoms with Crippen molar-refractivity contribution in [2.45, 2.75) is 44.8 Å². The number of hydrogen-bond donors (Lipinski definition) is 1. The molecule has 3 atom stereocenters. The number of aromatic nitrogens is 2. The third kappa shape index (κ3) is 2.15. The molecule has 1 N–H and O–H groups in total. The molecule has 0 aromatic carbocycles. The molecule has 0 spiro atoms. The van der Waals surface area contributed by atoms with Crippen molar-refractivity contribution in [3.63, 3.8) is 0 Å². The number of rotatable bonds is 3. The Hall–Kier alpha value is -1.63. The monoisotopic (exact) mass is 280 g/mol. The highest BCUT2D eigenvalue weighted by Crippen LogP contribution is 2.37. The van der Waals surface area contributed by atoms with Crippen LogP contribution in [0.2, 0.25) is 0 Å². The molecule has 3 unspecified atom stereocenters. The molecule has 0 bridgehead atoms. The van der Waals surface area contributed by atoms with Crippen LogP contribution < -0.4 is 5.32 Å². The van der Waals surface area contributed by atoms with E-state index in [0.29, 0.717) is 23.5 Å². The maximum atomic E-state index is 11.2. The molecule has 2 fully saturated rings. The van der Waals surface area contributed by atoms with Crippen LogP contribution in [-0.2, 0) is 11.8 Å². The van der Waals surface area contributed by atoms with Crippen molar-refractivity contribution in [3.8, 4) is 0 Å². The van der Waals surface area contributed by atoms with Gasteiger partial charge in [0, 0.05) is 25.6 Å². The quantitative estimate of drug-likeness (QED) is 0.676. The second-order valence-corrected chi connectivity index (χ2v) is 5.71. The number of nitro groups is 1. The van der Waals surface area contributed by atoms with Gasteiger partial charge in [-0.3, -0.25) is 10.1 Å². The first kappa shape index (κ1) is 13.4. The average Bonchev–Trinajstić information content (AvgIpc) is 2.95. The van der Waals surface area contributed by atoms with Crippen molar-refractivity contribution in [2.24, 2.45) is 13.0 Å². The molecule has 110 valence electrons. The number of anilines is 1. The van der Waals surface area contributed by atoms with Gasteiger partial charge in [-0.15, -0.1) is 0 Å². The fraction of sp³-hybridized carbons (Fsp3) is 0.769. The molecule has 7 heteroatoms. The summed E-state index contributed by atoms with van der Waals surface area (Å²) in [6, 6.07) is 0.241. The van der Waals surface area contributed by atoms with Gasteiger partial charge in [0.25, 0.3) is 0 Å². The lowest BCUT2D eigenvalue weighted by Crippen LogP contribution is -2.38. The van der Waals surface area contributed by atoms with E-state index in [0.717, 1.165) is 32.3 Å². The second kappa shape index (κ2) is 5.05. The summed E-state index contributed by atoms with van der Waals surface area (Å²) in [6.07, 6.45) is 4.59. The molecule has 3 rings (SSSR count). The van der Waals surface area contributed by atoms with Crippen LogP contribution >= 0.6 is 0 Å². The minimum absolute atomic E-state index is 0.0912. The standard InChI is InChI=1S/C13H20N4O3/c1-8-12(17(18)19)13(16(2)15-8)14-10-4-3-5-11-9(10)6-7-20-11/h9-11,14H,3-7H2,1-2H3. The van der Waals surface area contributed by atoms with E-state index in [1.165, 1.54) is 0 Å². The molecule has 20 heavy (non-hydrogen) atoms. The van der Waals surface area contributed by atoms with Gasteiger partial charge in [-0.05, 0) is 32.6 Å². The van der Waals surface area contributed by atoms with Gasteiger partial charge in [-0.1, -0.05) is 0 Å². The molecule has 2 aliphatic rings. The minimum atomic E-state index is -0.351. The van der Waals surface area contributed by atoms with Crippen molar-refractivity contribution < 1.29 is 9.66 Å². The molecule has 1 saturated carbocycles. The molecular formula is C13H20N4O3. The van der Waals surface area contributed by atoms with Gasteiger partial charge in [-0.25, -0.2) is 4.68 Å². The molecule has 2 heterocycles. The number of nitrogens with zero attached hydrogens (tertiary/aromatic N) is 3. The van der Waals surface area contributed by atoms with Gasteiger partial charge in [0.05, 0.1) is 11.0 Å². The summed E-state index contributed by atoms with van der Waals surface area (Å²) in [4.78, 5) is 10.9. The van der Waals surface area contributed by atoms with Gasteiger partial charge >= 0.3 is 5.69 Å². The highest BCUT2D eigenvalue weighted by atomic mass is 16.6. The van der Waals surface area contributed by atoms with E-state index in [1.54, 1.807) is 18.7 Å². The van der Waals surface area contributed by atoms with Crippen LogP contribution in [0.3, 0.4) is 0 Å². The third-order valence-corrected chi connectivity index (χ3v) is 4.48. The molecular weight excluding hydrogens is 260 g/mol. The average molecular weight is 280 g/mol. The van der Waals surface area contributed by atoms with E-state index in [4.69, 9.17) is 4.74 Å². The summed E-state index contributed by atoms with van der Waals surface area (Å²) < 4.78 is 7.32. The molecule has 0 radical (unpaired) electrons. The van der Waals surface area contributed by atoms with Gasteiger partial charge in [0.2, 0.25) is 5.82 Å². The van der Waals surface area contributed by atoms with Crippen LogP contribution in [0, 0.1) is 23.0 Å². The predicted octanol–water partition coefficient (Wildman–Crippen LogP) is 2.01. The number of fused-ring (bicyclic) bond motifs is 1. The predicted molar refractivity (Wildman–Crippen MR) is 73.7 cm³/mol. The lowest BCUT2D eigenvalue weighted by atomic mass is 9.82. The maximum absolute atomic E-state index is 11.2. The van der Waals surface area contributed by atoms with E-state index in [-0.39, 0.29) is 16.7 Å². The highest BCUT2D eigenvalue weighted by Gasteiger charge is 2.39. The van der Waals surface area contributed by atoms with E-state index < -0.39 is 0 Å². The zero-order valence-corrected chi connectivity index (χ0v) is 11.8. The van der Waals surface area contributed by atoms with Crippen LogP contribution in [-0.4, -0.2) is 33.5 Å². The summed E-state index contributed by atoms with van der Waals surface area (Å²) in [5.41, 5.74) is 0.545. The van der Waals surface area contributed by atoms with Crippen molar-refractivity contribution in [1.82, 2.24) is 9.78 Å². The molecule has 0 amide bonds. The Kier molecular flexibility index (Phi) is 3.37. The summed E-state index contributed by atoms with van der Waals surface area (Å²) in [7, 11) is 1.74. The Labute approximate surface area is 117 Å². The molecule has 7 nitrogen and oxygen atoms in total. The Morgan fingerprint density at radius 1 is 1.45 bits per heavy atom. The van der Waals surface area contributed by atoms with Crippen LogP contribution in [0.25, 0.3) is 0 Å². The van der Waals surface area contributed by atoms with Crippen LogP contribution in [0.5, 0.6) is 0 Å². The molecule has 1 aliphatic heterocycles. The Morgan fingerprint density at radius 2 is 2.25 bits per heavy atom. The first-order valence-corrected chi connectivity index (χ1v) is 7.14. The molecule has 1 saturated heterocycles. The first-order chi connectivity index (χ1) is 9.58. The third-order valence-electron chi connectivity index (χ3n) is 4.48. The van der Waals surface area contributed by atoms with Crippen LogP contribution in [0.1, 0.15) is 31.4 Å². The van der Waals surface area contributed by atoms with E-state index in [1.807, 2.05) is 0 Å². The fourth-order valence-electron chi connectivity index (χ4n) is 3.56. The zero-order chi connectivity index (χ0) is 14.3. The SMILES string of the molecule is Cc1nn(C)c(NC2CCCC3OCCC23)c1[N+](=O)[O-]. The zero-order valence-electron chi connectivity index (χ0n) is 11.8. The summed E-state index contributed by atoms with van der Waals surface area (Å²) in [6.45, 7) is 2.48. The van der Waals surface area contributed by atoms with E-state index in [2.05, 4.69) is 10.4 Å². The van der Waals surface area contributed by atoms with E-state index >= 15 is 0 Å². The largest absolute Gasteiger partial charge is 0.378 e. The Morgan fingerprint density at radius 3 is 3.00 bits per heavy atom. The number of nitrogens with one attached hydrogen (secondary N) is 1. The van der Waals surface area contributed by atoms with Crippen molar-refractivity contribution in [2.75, 3.05) is 11.9 Å². The molecule has 1 aromatic heterocycles. The second-order valence-electron chi connectivity index (χ2n) is 5.71. The van der Waals surface area contributed by atoms with Gasteiger partial charge in [0.1, 0.15) is 5.69 Å². The number of ether oxygens (including phenoxy) is 1.